The smallest absolute Gasteiger partial charge is 0.184 e. The molecule has 1 aliphatic heterocycles. The highest BCUT2D eigenvalue weighted by molar-refractivity contribution is 7.63. The molecule has 0 unspecified atom stereocenters. The molecule has 0 aromatic heterocycles. The highest BCUT2D eigenvalue weighted by Crippen LogP contribution is 2.51. The van der Waals surface area contributed by atoms with E-state index in [0.29, 0.717) is 0 Å². The van der Waals surface area contributed by atoms with Gasteiger partial charge in [0.05, 0.1) is 20.4 Å². The second kappa shape index (κ2) is 48.9. The van der Waals surface area contributed by atoms with E-state index in [9.17, 15) is 4.57 Å². The van der Waals surface area contributed by atoms with E-state index in [0.717, 1.165) is 70.2 Å². The van der Waals surface area contributed by atoms with E-state index >= 15 is 0 Å². The molecule has 6 rings (SSSR count). The van der Waals surface area contributed by atoms with Crippen LogP contribution in [-0.4, -0.2) is 25.5 Å². The van der Waals surface area contributed by atoms with Crippen molar-refractivity contribution >= 4 is 55.8 Å². The highest BCUT2D eigenvalue weighted by Gasteiger charge is 2.31. The van der Waals surface area contributed by atoms with Crippen molar-refractivity contribution in [3.8, 4) is 0 Å². The maximum absolute atomic E-state index is 14.5. The predicted octanol–water partition coefficient (Wildman–Crippen LogP) is 29.6. The summed E-state index contributed by atoms with van der Waals surface area (Å²) in [5.41, 5.74) is 18.4. The summed E-state index contributed by atoms with van der Waals surface area (Å²) in [6.07, 6.45) is 71.4. The SMILES string of the molecule is CCCCCCCCc1cc(/C=C/c2ccc(/C=C/c3cc(CCCCCCCC)c(C4OCC(C)(C)CO4)cc3CCCCCCCC)cc2)c(CCCCCCCC)cc1/C=C/c1ccc(/C=C/c2ccc(CP(=O)(CCCCCCCC)CCCCCCCC)cc2)cc1. The van der Waals surface area contributed by atoms with Gasteiger partial charge in [0, 0.05) is 29.5 Å². The summed E-state index contributed by atoms with van der Waals surface area (Å²) >= 11 is 0. The van der Waals surface area contributed by atoms with Crippen LogP contribution in [0, 0.1) is 5.41 Å². The molecule has 1 fully saturated rings. The Balaban J connectivity index is 1.20. The van der Waals surface area contributed by atoms with Crippen LogP contribution in [0.3, 0.4) is 0 Å². The van der Waals surface area contributed by atoms with E-state index in [1.807, 2.05) is 0 Å². The van der Waals surface area contributed by atoms with Crippen LogP contribution in [0.15, 0.2) is 97.1 Å². The van der Waals surface area contributed by atoms with E-state index < -0.39 is 7.14 Å². The van der Waals surface area contributed by atoms with Crippen LogP contribution >= 0.6 is 7.14 Å². The van der Waals surface area contributed by atoms with Gasteiger partial charge in [0.15, 0.2) is 6.29 Å². The molecule has 5 aromatic rings. The summed E-state index contributed by atoms with van der Waals surface area (Å²) in [5, 5.41) is 0. The van der Waals surface area contributed by atoms with Crippen LogP contribution in [0.1, 0.15) is 371 Å². The lowest BCUT2D eigenvalue weighted by atomic mass is 9.90. The van der Waals surface area contributed by atoms with Crippen LogP contribution in [0.5, 0.6) is 0 Å². The van der Waals surface area contributed by atoms with Crippen molar-refractivity contribution in [2.45, 2.75) is 325 Å². The molecule has 0 saturated carbocycles. The maximum atomic E-state index is 14.5. The van der Waals surface area contributed by atoms with Crippen molar-refractivity contribution in [2.75, 3.05) is 25.5 Å². The minimum Gasteiger partial charge on any atom is -0.348 e. The molecule has 3 nitrogen and oxygen atoms in total. The summed E-state index contributed by atoms with van der Waals surface area (Å²) in [4.78, 5) is 0. The summed E-state index contributed by atoms with van der Waals surface area (Å²) in [6.45, 7) is 19.7. The first-order valence-electron chi connectivity index (χ1n) is 40.6. The Labute approximate surface area is 596 Å². The monoisotopic (exact) mass is 1340 g/mol. The Hall–Kier alpha value is -4.79. The van der Waals surface area contributed by atoms with E-state index in [4.69, 9.17) is 9.47 Å². The van der Waals surface area contributed by atoms with E-state index in [1.165, 1.54) is 296 Å². The molecule has 0 spiro atoms. The number of benzene rings is 5. The quantitative estimate of drug-likeness (QED) is 0.0221. The summed E-state index contributed by atoms with van der Waals surface area (Å²) in [7, 11) is -2.26. The van der Waals surface area contributed by atoms with Crippen molar-refractivity contribution < 1.29 is 14.0 Å². The van der Waals surface area contributed by atoms with Gasteiger partial charge in [-0.3, -0.25) is 0 Å². The molecular formula is C93H139O3P. The largest absolute Gasteiger partial charge is 0.348 e. The van der Waals surface area contributed by atoms with Gasteiger partial charge in [0.1, 0.15) is 0 Å². The Morgan fingerprint density at radius 3 is 0.918 bits per heavy atom. The lowest BCUT2D eigenvalue weighted by Crippen LogP contribution is -2.34. The summed E-state index contributed by atoms with van der Waals surface area (Å²) < 4.78 is 27.6. The molecule has 534 valence electrons. The minimum absolute atomic E-state index is 0.0323. The zero-order chi connectivity index (χ0) is 68.9. The average Bonchev–Trinajstić information content (AvgIpc) is 0.842. The van der Waals surface area contributed by atoms with Gasteiger partial charge >= 0.3 is 0 Å². The fourth-order valence-electron chi connectivity index (χ4n) is 14.1. The first-order valence-corrected chi connectivity index (χ1v) is 42.9. The Bertz CT molecular complexity index is 3010. The van der Waals surface area contributed by atoms with Crippen molar-refractivity contribution in [1.29, 1.82) is 0 Å². The molecule has 1 heterocycles. The molecule has 0 amide bonds. The fourth-order valence-corrected chi connectivity index (χ4v) is 17.2. The van der Waals surface area contributed by atoms with Gasteiger partial charge in [-0.25, -0.2) is 0 Å². The molecule has 0 aliphatic carbocycles. The molecule has 1 aliphatic rings. The van der Waals surface area contributed by atoms with Crippen LogP contribution in [0.4, 0.5) is 0 Å². The third-order valence-corrected chi connectivity index (χ3v) is 23.7. The van der Waals surface area contributed by atoms with Gasteiger partial charge in [0.25, 0.3) is 0 Å². The number of unbranched alkanes of at least 4 members (excludes halogenated alkanes) is 30. The molecule has 0 N–H and O–H groups in total. The van der Waals surface area contributed by atoms with Gasteiger partial charge in [0.2, 0.25) is 0 Å². The van der Waals surface area contributed by atoms with E-state index in [-0.39, 0.29) is 11.7 Å². The molecule has 0 radical (unpaired) electrons. The fraction of sp³-hybridized carbons (Fsp3) is 0.591. The number of hydrogen-bond donors (Lipinski definition) is 0. The summed E-state index contributed by atoms with van der Waals surface area (Å²) in [6, 6.07) is 37.3. The van der Waals surface area contributed by atoms with Gasteiger partial charge in [-0.2, -0.15) is 0 Å². The Kier molecular flexibility index (Phi) is 40.9. The van der Waals surface area contributed by atoms with Gasteiger partial charge in [-0.1, -0.05) is 388 Å². The second-order valence-corrected chi connectivity index (χ2v) is 33.6. The van der Waals surface area contributed by atoms with Crippen LogP contribution < -0.4 is 0 Å². The molecule has 4 heteroatoms. The molecule has 5 aromatic carbocycles. The van der Waals surface area contributed by atoms with Gasteiger partial charge < -0.3 is 14.0 Å². The van der Waals surface area contributed by atoms with Gasteiger partial charge in [-0.05, 0) is 143 Å². The lowest BCUT2D eigenvalue weighted by molar-refractivity contribution is -0.226. The van der Waals surface area contributed by atoms with Crippen molar-refractivity contribution in [3.63, 3.8) is 0 Å². The third kappa shape index (κ3) is 33.0. The molecule has 0 bridgehead atoms. The molecule has 0 atom stereocenters. The third-order valence-electron chi connectivity index (χ3n) is 20.5. The first kappa shape index (κ1) is 81.2. The highest BCUT2D eigenvalue weighted by atomic mass is 31.2. The zero-order valence-electron chi connectivity index (χ0n) is 63.4. The normalized spacial score (nSPS) is 13.9. The number of ether oxygens (including phenoxy) is 2. The minimum atomic E-state index is -2.26. The van der Waals surface area contributed by atoms with Crippen molar-refractivity contribution in [3.05, 3.63) is 175 Å². The molecule has 97 heavy (non-hydrogen) atoms. The molecular weight excluding hydrogens is 1200 g/mol. The standard InChI is InChI=1S/C93H139O3P/c1-9-15-21-27-33-39-45-84-72-88(67-64-81-55-57-82(58-56-81)65-68-89-73-90(48-42-36-30-24-18-12-4)91(92-95-76-93(7,8)77-96-92)74-86(89)47-41-35-29-23-17-11-3)85(46-40-34-28-22-16-10-2)71-87(84)66-63-80-53-51-78(52-54-80)49-50-79-59-61-83(62-60-79)75-97(94,69-43-37-31-25-19-13-5)70-44-38-32-26-20-14-6/h49-68,71-74,92H,9-48,69-70,75-77H2,1-8H3/b50-49+,66-63+,67-64+,68-65+. The maximum Gasteiger partial charge on any atom is 0.184 e. The summed E-state index contributed by atoms with van der Waals surface area (Å²) in [5.74, 6) is 0. The van der Waals surface area contributed by atoms with Crippen LogP contribution in [0.25, 0.3) is 48.6 Å². The van der Waals surface area contributed by atoms with Crippen molar-refractivity contribution in [2.24, 2.45) is 5.41 Å². The molecule has 1 saturated heterocycles. The topological polar surface area (TPSA) is 35.5 Å². The number of hydrogen-bond acceptors (Lipinski definition) is 3. The zero-order valence-corrected chi connectivity index (χ0v) is 64.3. The van der Waals surface area contributed by atoms with Crippen molar-refractivity contribution in [1.82, 2.24) is 0 Å². The number of rotatable bonds is 53. The van der Waals surface area contributed by atoms with E-state index in [1.54, 1.807) is 0 Å². The predicted molar refractivity (Wildman–Crippen MR) is 432 cm³/mol. The van der Waals surface area contributed by atoms with Crippen LogP contribution in [-0.2, 0) is 45.9 Å². The second-order valence-electron chi connectivity index (χ2n) is 30.3. The average molecular weight is 1340 g/mol. The van der Waals surface area contributed by atoms with Crippen LogP contribution in [0.2, 0.25) is 0 Å². The number of aryl methyl sites for hydroxylation is 4. The van der Waals surface area contributed by atoms with E-state index in [2.05, 4.69) is 201 Å². The lowest BCUT2D eigenvalue weighted by Gasteiger charge is -2.35. The Morgan fingerprint density at radius 1 is 0.330 bits per heavy atom. The Morgan fingerprint density at radius 2 is 0.588 bits per heavy atom. The van der Waals surface area contributed by atoms with Gasteiger partial charge in [-0.15, -0.1) is 0 Å². The first-order chi connectivity index (χ1) is 47.5.